The van der Waals surface area contributed by atoms with Gasteiger partial charge in [-0.25, -0.2) is 4.98 Å². The Labute approximate surface area is 98.9 Å². The summed E-state index contributed by atoms with van der Waals surface area (Å²) < 4.78 is 1.25. The number of halogens is 1. The minimum absolute atomic E-state index is 1.15. The summed E-state index contributed by atoms with van der Waals surface area (Å²) in [7, 11) is 0. The molecule has 0 aromatic carbocycles. The third kappa shape index (κ3) is 2.19. The molecule has 0 aliphatic carbocycles. The molecule has 1 fully saturated rings. The van der Waals surface area contributed by atoms with Gasteiger partial charge in [0.2, 0.25) is 0 Å². The molecular formula is C11H15IN2. The molecule has 1 aromatic heterocycles. The van der Waals surface area contributed by atoms with Gasteiger partial charge in [0, 0.05) is 16.7 Å². The smallest absolute Gasteiger partial charge is 0.128 e. The van der Waals surface area contributed by atoms with Crippen molar-refractivity contribution < 1.29 is 0 Å². The van der Waals surface area contributed by atoms with Gasteiger partial charge in [-0.15, -0.1) is 0 Å². The van der Waals surface area contributed by atoms with Crippen LogP contribution in [-0.4, -0.2) is 18.1 Å². The minimum atomic E-state index is 1.15. The highest BCUT2D eigenvalue weighted by Gasteiger charge is 2.12. The number of piperidine rings is 1. The summed E-state index contributed by atoms with van der Waals surface area (Å²) in [6.45, 7) is 4.43. The Balaban J connectivity index is 2.18. The Morgan fingerprint density at radius 2 is 1.93 bits per heavy atom. The molecule has 3 heteroatoms. The van der Waals surface area contributed by atoms with Gasteiger partial charge in [0.15, 0.2) is 0 Å². The second kappa shape index (κ2) is 4.47. The van der Waals surface area contributed by atoms with Crippen LogP contribution in [0, 0.1) is 10.5 Å². The summed E-state index contributed by atoms with van der Waals surface area (Å²) in [4.78, 5) is 7.01. The quantitative estimate of drug-likeness (QED) is 0.741. The third-order valence-electron chi connectivity index (χ3n) is 2.69. The summed E-state index contributed by atoms with van der Waals surface area (Å²) in [5.41, 5.74) is 1.15. The number of aryl methyl sites for hydroxylation is 1. The molecule has 1 aliphatic heterocycles. The van der Waals surface area contributed by atoms with Crippen LogP contribution in [-0.2, 0) is 0 Å². The molecule has 0 bridgehead atoms. The standard InChI is InChI=1S/C11H15IN2/c1-9-10(12)5-6-11(13-9)14-7-3-2-4-8-14/h5-6H,2-4,7-8H2,1H3. The largest absolute Gasteiger partial charge is 0.357 e. The molecule has 2 nitrogen and oxygen atoms in total. The maximum atomic E-state index is 4.61. The van der Waals surface area contributed by atoms with Gasteiger partial charge in [-0.05, 0) is 60.9 Å². The normalized spacial score (nSPS) is 17.1. The van der Waals surface area contributed by atoms with Crippen LogP contribution in [0.1, 0.15) is 25.0 Å². The van der Waals surface area contributed by atoms with Crippen molar-refractivity contribution in [1.82, 2.24) is 4.98 Å². The lowest BCUT2D eigenvalue weighted by molar-refractivity contribution is 0.573. The topological polar surface area (TPSA) is 16.1 Å². The van der Waals surface area contributed by atoms with Crippen LogP contribution in [0.2, 0.25) is 0 Å². The maximum Gasteiger partial charge on any atom is 0.128 e. The fourth-order valence-electron chi connectivity index (χ4n) is 1.83. The molecule has 1 aliphatic rings. The van der Waals surface area contributed by atoms with Crippen LogP contribution in [0.15, 0.2) is 12.1 Å². The first kappa shape index (κ1) is 10.2. The van der Waals surface area contributed by atoms with Crippen molar-refractivity contribution in [3.05, 3.63) is 21.4 Å². The molecular weight excluding hydrogens is 287 g/mol. The highest BCUT2D eigenvalue weighted by Crippen LogP contribution is 2.19. The molecule has 14 heavy (non-hydrogen) atoms. The van der Waals surface area contributed by atoms with Gasteiger partial charge < -0.3 is 4.90 Å². The number of rotatable bonds is 1. The van der Waals surface area contributed by atoms with Crippen LogP contribution >= 0.6 is 22.6 Å². The van der Waals surface area contributed by atoms with E-state index in [4.69, 9.17) is 0 Å². The van der Waals surface area contributed by atoms with E-state index < -0.39 is 0 Å². The van der Waals surface area contributed by atoms with E-state index >= 15 is 0 Å². The molecule has 76 valence electrons. The zero-order valence-corrected chi connectivity index (χ0v) is 10.6. The van der Waals surface area contributed by atoms with Crippen molar-refractivity contribution >= 4 is 28.4 Å². The van der Waals surface area contributed by atoms with Crippen molar-refractivity contribution in [1.29, 1.82) is 0 Å². The summed E-state index contributed by atoms with van der Waals surface area (Å²) >= 11 is 2.33. The molecule has 2 rings (SSSR count). The summed E-state index contributed by atoms with van der Waals surface area (Å²) in [6.07, 6.45) is 4.00. The fourth-order valence-corrected chi connectivity index (χ4v) is 2.13. The zero-order chi connectivity index (χ0) is 9.97. The van der Waals surface area contributed by atoms with Crippen LogP contribution in [0.4, 0.5) is 5.82 Å². The molecule has 0 atom stereocenters. The van der Waals surface area contributed by atoms with Crippen LogP contribution in [0.3, 0.4) is 0 Å². The van der Waals surface area contributed by atoms with Crippen molar-refractivity contribution in [2.75, 3.05) is 18.0 Å². The lowest BCUT2D eigenvalue weighted by Gasteiger charge is -2.27. The molecule has 1 saturated heterocycles. The number of pyridine rings is 1. The molecule has 0 saturated carbocycles. The Bertz CT molecular complexity index is 319. The molecule has 2 heterocycles. The van der Waals surface area contributed by atoms with Gasteiger partial charge in [-0.3, -0.25) is 0 Å². The van der Waals surface area contributed by atoms with E-state index in [1.165, 1.54) is 35.9 Å². The SMILES string of the molecule is Cc1nc(N2CCCCC2)ccc1I. The number of nitrogens with zero attached hydrogens (tertiary/aromatic N) is 2. The van der Waals surface area contributed by atoms with E-state index in [1.54, 1.807) is 0 Å². The molecule has 0 radical (unpaired) electrons. The van der Waals surface area contributed by atoms with Gasteiger partial charge in [0.1, 0.15) is 5.82 Å². The van der Waals surface area contributed by atoms with Gasteiger partial charge in [-0.2, -0.15) is 0 Å². The first-order valence-corrected chi connectivity index (χ1v) is 6.23. The third-order valence-corrected chi connectivity index (χ3v) is 3.83. The highest BCUT2D eigenvalue weighted by atomic mass is 127. The van der Waals surface area contributed by atoms with Crippen LogP contribution < -0.4 is 4.90 Å². The van der Waals surface area contributed by atoms with Crippen molar-refractivity contribution in [2.24, 2.45) is 0 Å². The Hall–Kier alpha value is -0.320. The second-order valence-corrected chi connectivity index (χ2v) is 4.95. The lowest BCUT2D eigenvalue weighted by Crippen LogP contribution is -2.30. The van der Waals surface area contributed by atoms with E-state index in [0.717, 1.165) is 11.5 Å². The average Bonchev–Trinajstić information content (AvgIpc) is 2.23. The Morgan fingerprint density at radius 1 is 1.21 bits per heavy atom. The molecule has 0 N–H and O–H groups in total. The molecule has 0 amide bonds. The van der Waals surface area contributed by atoms with E-state index in [-0.39, 0.29) is 0 Å². The molecule has 0 spiro atoms. The van der Waals surface area contributed by atoms with Gasteiger partial charge in [0.05, 0.1) is 5.69 Å². The Morgan fingerprint density at radius 3 is 2.57 bits per heavy atom. The average molecular weight is 302 g/mol. The highest BCUT2D eigenvalue weighted by molar-refractivity contribution is 14.1. The Kier molecular flexibility index (Phi) is 3.26. The lowest BCUT2D eigenvalue weighted by atomic mass is 10.1. The summed E-state index contributed by atoms with van der Waals surface area (Å²) in [5.74, 6) is 1.16. The van der Waals surface area contributed by atoms with E-state index in [2.05, 4.69) is 51.5 Å². The zero-order valence-electron chi connectivity index (χ0n) is 8.46. The fraction of sp³-hybridized carbons (Fsp3) is 0.545. The van der Waals surface area contributed by atoms with E-state index in [0.29, 0.717) is 0 Å². The minimum Gasteiger partial charge on any atom is -0.357 e. The number of hydrogen-bond acceptors (Lipinski definition) is 2. The first-order valence-electron chi connectivity index (χ1n) is 5.15. The van der Waals surface area contributed by atoms with Crippen molar-refractivity contribution in [2.45, 2.75) is 26.2 Å². The first-order chi connectivity index (χ1) is 6.77. The number of aromatic nitrogens is 1. The molecule has 0 unspecified atom stereocenters. The summed E-state index contributed by atoms with van der Waals surface area (Å²) in [6, 6.07) is 4.30. The van der Waals surface area contributed by atoms with Crippen LogP contribution in [0.25, 0.3) is 0 Å². The number of hydrogen-bond donors (Lipinski definition) is 0. The maximum absolute atomic E-state index is 4.61. The molecule has 1 aromatic rings. The summed E-state index contributed by atoms with van der Waals surface area (Å²) in [5, 5.41) is 0. The van der Waals surface area contributed by atoms with E-state index in [1.807, 2.05) is 0 Å². The van der Waals surface area contributed by atoms with Crippen LogP contribution in [0.5, 0.6) is 0 Å². The van der Waals surface area contributed by atoms with Gasteiger partial charge >= 0.3 is 0 Å². The predicted molar refractivity (Wildman–Crippen MR) is 67.8 cm³/mol. The predicted octanol–water partition coefficient (Wildman–Crippen LogP) is 2.98. The van der Waals surface area contributed by atoms with Crippen molar-refractivity contribution in [3.63, 3.8) is 0 Å². The second-order valence-electron chi connectivity index (χ2n) is 3.78. The monoisotopic (exact) mass is 302 g/mol. The van der Waals surface area contributed by atoms with E-state index in [9.17, 15) is 0 Å². The van der Waals surface area contributed by atoms with Crippen molar-refractivity contribution in [3.8, 4) is 0 Å². The van der Waals surface area contributed by atoms with Gasteiger partial charge in [-0.1, -0.05) is 0 Å². The number of anilines is 1. The van der Waals surface area contributed by atoms with Gasteiger partial charge in [0.25, 0.3) is 0 Å².